The van der Waals surface area contributed by atoms with Gasteiger partial charge in [0.05, 0.1) is 11.6 Å². The van der Waals surface area contributed by atoms with Gasteiger partial charge in [0.15, 0.2) is 5.82 Å². The third kappa shape index (κ3) is 5.41. The Hall–Kier alpha value is -3.32. The van der Waals surface area contributed by atoms with Gasteiger partial charge in [0.1, 0.15) is 0 Å². The number of nitrogens with one attached hydrogen (secondary N) is 1. The molecule has 2 heterocycles. The van der Waals surface area contributed by atoms with E-state index in [1.165, 1.54) is 16.7 Å². The summed E-state index contributed by atoms with van der Waals surface area (Å²) in [4.78, 5) is 18.6. The van der Waals surface area contributed by atoms with E-state index in [4.69, 9.17) is 0 Å². The fraction of sp³-hybridized carbons (Fsp3) is 0.448. The lowest BCUT2D eigenvalue weighted by Crippen LogP contribution is -2.37. The number of H-pyrrole nitrogens is 1. The minimum Gasteiger partial charge on any atom is -0.322 e. The zero-order valence-electron chi connectivity index (χ0n) is 22.4. The van der Waals surface area contributed by atoms with Crippen molar-refractivity contribution in [3.05, 3.63) is 87.0 Å². The van der Waals surface area contributed by atoms with Crippen LogP contribution in [0, 0.1) is 13.8 Å². The number of hydrogen-bond acceptors (Lipinski definition) is 5. The fourth-order valence-corrected chi connectivity index (χ4v) is 4.79. The first-order chi connectivity index (χ1) is 17.2. The van der Waals surface area contributed by atoms with Gasteiger partial charge in [-0.15, -0.1) is 5.10 Å². The maximum atomic E-state index is 13.1. The molecule has 0 amide bonds. The fourth-order valence-electron chi connectivity index (χ4n) is 4.79. The molecule has 0 radical (unpaired) electrons. The number of tetrazole rings is 1. The number of fused-ring (bicyclic) bond motifs is 1. The van der Waals surface area contributed by atoms with Crippen LogP contribution in [0.25, 0.3) is 10.9 Å². The standard InChI is InChI=1S/C29H38N6O/c1-7-26(27-31-32-33-35(27)29(5,6)8-2)34(16-15-22-12-10-9-11-21(22)4)19-24-18-23-17-20(3)13-14-25(23)30-28(24)36/h9-14,17-18,26H,7-8,15-16,19H2,1-6H3,(H,30,36)/t26-/m0/s1. The van der Waals surface area contributed by atoms with Gasteiger partial charge in [-0.05, 0) is 92.1 Å². The molecule has 2 aromatic heterocycles. The van der Waals surface area contributed by atoms with Crippen LogP contribution in [-0.2, 0) is 18.5 Å². The summed E-state index contributed by atoms with van der Waals surface area (Å²) in [6, 6.07) is 16.6. The van der Waals surface area contributed by atoms with Gasteiger partial charge in [-0.3, -0.25) is 9.69 Å². The zero-order chi connectivity index (χ0) is 25.9. The van der Waals surface area contributed by atoms with Crippen LogP contribution in [0.4, 0.5) is 0 Å². The number of pyridine rings is 1. The Bertz CT molecular complexity index is 1390. The van der Waals surface area contributed by atoms with E-state index in [9.17, 15) is 4.79 Å². The van der Waals surface area contributed by atoms with E-state index in [0.29, 0.717) is 6.54 Å². The summed E-state index contributed by atoms with van der Waals surface area (Å²) in [6.45, 7) is 14.2. The summed E-state index contributed by atoms with van der Waals surface area (Å²) in [5, 5.41) is 14.0. The van der Waals surface area contributed by atoms with E-state index in [1.54, 1.807) is 0 Å². The third-order valence-corrected chi connectivity index (χ3v) is 7.44. The molecule has 0 bridgehead atoms. The number of aromatic nitrogens is 5. The molecule has 190 valence electrons. The van der Waals surface area contributed by atoms with Crippen LogP contribution < -0.4 is 5.56 Å². The molecule has 7 nitrogen and oxygen atoms in total. The second-order valence-electron chi connectivity index (χ2n) is 10.4. The van der Waals surface area contributed by atoms with Crippen molar-refractivity contribution >= 4 is 10.9 Å². The van der Waals surface area contributed by atoms with Crippen LogP contribution >= 0.6 is 0 Å². The molecule has 0 saturated heterocycles. The predicted octanol–water partition coefficient (Wildman–Crippen LogP) is 5.47. The Kier molecular flexibility index (Phi) is 7.69. The van der Waals surface area contributed by atoms with Gasteiger partial charge < -0.3 is 4.98 Å². The molecule has 2 aromatic carbocycles. The summed E-state index contributed by atoms with van der Waals surface area (Å²) in [6.07, 6.45) is 2.62. The molecule has 4 rings (SSSR count). The molecule has 0 saturated carbocycles. The first-order valence-electron chi connectivity index (χ1n) is 12.9. The second kappa shape index (κ2) is 10.7. The van der Waals surface area contributed by atoms with E-state index in [-0.39, 0.29) is 17.1 Å². The summed E-state index contributed by atoms with van der Waals surface area (Å²) >= 11 is 0. The SMILES string of the molecule is CC[C@@H](c1nnnn1C(C)(C)CC)N(CCc1ccccc1C)Cc1cc2cc(C)ccc2[nH]c1=O. The van der Waals surface area contributed by atoms with Crippen LogP contribution in [0.2, 0.25) is 0 Å². The maximum absolute atomic E-state index is 13.1. The van der Waals surface area contributed by atoms with Gasteiger partial charge >= 0.3 is 0 Å². The molecule has 4 aromatic rings. The van der Waals surface area contributed by atoms with E-state index < -0.39 is 0 Å². The highest BCUT2D eigenvalue weighted by Gasteiger charge is 2.31. The quantitative estimate of drug-likeness (QED) is 0.321. The molecule has 0 aliphatic rings. The highest BCUT2D eigenvalue weighted by Crippen LogP contribution is 2.29. The van der Waals surface area contributed by atoms with Gasteiger partial charge in [-0.25, -0.2) is 4.68 Å². The molecular weight excluding hydrogens is 448 g/mol. The molecule has 0 unspecified atom stereocenters. The van der Waals surface area contributed by atoms with Crippen molar-refractivity contribution in [3.63, 3.8) is 0 Å². The van der Waals surface area contributed by atoms with E-state index in [2.05, 4.69) is 97.3 Å². The van der Waals surface area contributed by atoms with Crippen LogP contribution in [0.5, 0.6) is 0 Å². The molecule has 7 heteroatoms. The number of nitrogens with zero attached hydrogens (tertiary/aromatic N) is 5. The number of benzene rings is 2. The lowest BCUT2D eigenvalue weighted by Gasteiger charge is -2.33. The zero-order valence-corrected chi connectivity index (χ0v) is 22.4. The average molecular weight is 487 g/mol. The van der Waals surface area contributed by atoms with Gasteiger partial charge in [-0.1, -0.05) is 49.7 Å². The Balaban J connectivity index is 1.74. The molecule has 36 heavy (non-hydrogen) atoms. The van der Waals surface area contributed by atoms with Crippen LogP contribution in [0.1, 0.15) is 74.7 Å². The predicted molar refractivity (Wildman–Crippen MR) is 145 cm³/mol. The van der Waals surface area contributed by atoms with Crippen molar-refractivity contribution in [2.45, 2.75) is 78.9 Å². The number of rotatable bonds is 10. The molecular formula is C29H38N6O. The van der Waals surface area contributed by atoms with Crippen LogP contribution in [0.3, 0.4) is 0 Å². The first kappa shape index (κ1) is 25.8. The highest BCUT2D eigenvalue weighted by molar-refractivity contribution is 5.79. The Morgan fingerprint density at radius 2 is 1.83 bits per heavy atom. The normalized spacial score (nSPS) is 13.0. The van der Waals surface area contributed by atoms with Crippen molar-refractivity contribution in [2.75, 3.05) is 6.54 Å². The van der Waals surface area contributed by atoms with E-state index >= 15 is 0 Å². The van der Waals surface area contributed by atoms with Crippen molar-refractivity contribution in [1.82, 2.24) is 30.1 Å². The second-order valence-corrected chi connectivity index (χ2v) is 10.4. The molecule has 1 atom stereocenters. The molecule has 0 spiro atoms. The van der Waals surface area contributed by atoms with Gasteiger partial charge in [0, 0.05) is 24.2 Å². The Morgan fingerprint density at radius 1 is 1.06 bits per heavy atom. The minimum atomic E-state index is -0.202. The van der Waals surface area contributed by atoms with Crippen molar-refractivity contribution in [2.24, 2.45) is 0 Å². The highest BCUT2D eigenvalue weighted by atomic mass is 16.1. The summed E-state index contributed by atoms with van der Waals surface area (Å²) in [5.41, 5.74) is 5.13. The average Bonchev–Trinajstić information content (AvgIpc) is 3.35. The van der Waals surface area contributed by atoms with Gasteiger partial charge in [-0.2, -0.15) is 0 Å². The van der Waals surface area contributed by atoms with Crippen LogP contribution in [0.15, 0.2) is 53.3 Å². The van der Waals surface area contributed by atoms with Crippen molar-refractivity contribution in [1.29, 1.82) is 0 Å². The van der Waals surface area contributed by atoms with Gasteiger partial charge in [0.2, 0.25) is 0 Å². The summed E-state index contributed by atoms with van der Waals surface area (Å²) < 4.78 is 1.97. The molecule has 0 fully saturated rings. The molecule has 1 N–H and O–H groups in total. The third-order valence-electron chi connectivity index (χ3n) is 7.44. The van der Waals surface area contributed by atoms with Gasteiger partial charge in [0.25, 0.3) is 5.56 Å². The van der Waals surface area contributed by atoms with Crippen LogP contribution in [-0.4, -0.2) is 36.6 Å². The van der Waals surface area contributed by atoms with Crippen molar-refractivity contribution in [3.8, 4) is 0 Å². The summed E-state index contributed by atoms with van der Waals surface area (Å²) in [7, 11) is 0. The smallest absolute Gasteiger partial charge is 0.252 e. The van der Waals surface area contributed by atoms with E-state index in [0.717, 1.165) is 48.1 Å². The first-order valence-corrected chi connectivity index (χ1v) is 12.9. The summed E-state index contributed by atoms with van der Waals surface area (Å²) in [5.74, 6) is 0.849. The largest absolute Gasteiger partial charge is 0.322 e. The minimum absolute atomic E-state index is 0.0255. The molecule has 0 aliphatic heterocycles. The monoisotopic (exact) mass is 486 g/mol. The number of hydrogen-bond donors (Lipinski definition) is 1. The Morgan fingerprint density at radius 3 is 2.56 bits per heavy atom. The topological polar surface area (TPSA) is 79.7 Å². The van der Waals surface area contributed by atoms with Crippen molar-refractivity contribution < 1.29 is 0 Å². The number of aryl methyl sites for hydroxylation is 2. The number of aromatic amines is 1. The van der Waals surface area contributed by atoms with E-state index in [1.807, 2.05) is 22.9 Å². The lowest BCUT2D eigenvalue weighted by atomic mass is 10.0. The maximum Gasteiger partial charge on any atom is 0.252 e. The Labute approximate surface area is 213 Å². The molecule has 0 aliphatic carbocycles. The lowest BCUT2D eigenvalue weighted by molar-refractivity contribution is 0.160.